The Hall–Kier alpha value is -1.75. The summed E-state index contributed by atoms with van der Waals surface area (Å²) in [5, 5.41) is 3.22. The quantitative estimate of drug-likeness (QED) is 0.746. The molecule has 21 heavy (non-hydrogen) atoms. The van der Waals surface area contributed by atoms with Crippen molar-refractivity contribution >= 4 is 5.97 Å². The second kappa shape index (κ2) is 8.52. The van der Waals surface area contributed by atoms with E-state index in [0.29, 0.717) is 24.7 Å². The summed E-state index contributed by atoms with van der Waals surface area (Å²) in [5.74, 6) is 1.28. The Labute approximate surface area is 126 Å². The normalized spacial score (nSPS) is 12.1. The number of nitrogens with one attached hydrogen (secondary N) is 1. The van der Waals surface area contributed by atoms with Gasteiger partial charge >= 0.3 is 5.97 Å². The molecule has 0 unspecified atom stereocenters. The van der Waals surface area contributed by atoms with Crippen LogP contribution in [0.2, 0.25) is 0 Å². The summed E-state index contributed by atoms with van der Waals surface area (Å²) in [4.78, 5) is 11.8. The lowest BCUT2D eigenvalue weighted by Crippen LogP contribution is -2.41. The predicted molar refractivity (Wildman–Crippen MR) is 81.6 cm³/mol. The summed E-state index contributed by atoms with van der Waals surface area (Å²) >= 11 is 0. The molecule has 0 heterocycles. The van der Waals surface area contributed by atoms with Crippen molar-refractivity contribution < 1.29 is 19.0 Å². The van der Waals surface area contributed by atoms with Crippen LogP contribution >= 0.6 is 0 Å². The molecule has 0 aliphatic rings. The lowest BCUT2D eigenvalue weighted by atomic mass is 10.0. The molecule has 0 amide bonds. The highest BCUT2D eigenvalue weighted by Gasteiger charge is 2.23. The Morgan fingerprint density at radius 1 is 1.29 bits per heavy atom. The number of carbonyl (C=O) groups is 1. The molecule has 5 nitrogen and oxygen atoms in total. The molecule has 0 aliphatic heterocycles. The van der Waals surface area contributed by atoms with Crippen LogP contribution in [0, 0.1) is 5.92 Å². The van der Waals surface area contributed by atoms with Gasteiger partial charge in [-0.2, -0.15) is 0 Å². The first kappa shape index (κ1) is 17.3. The van der Waals surface area contributed by atoms with Crippen molar-refractivity contribution in [3.05, 3.63) is 23.8 Å². The van der Waals surface area contributed by atoms with Crippen molar-refractivity contribution in [3.8, 4) is 11.5 Å². The number of para-hydroxylation sites is 1. The molecule has 1 rings (SSSR count). The number of carbonyl (C=O) groups excluding carboxylic acids is 1. The maximum Gasteiger partial charge on any atom is 0.323 e. The molecule has 1 aromatic rings. The van der Waals surface area contributed by atoms with Crippen LogP contribution in [0.1, 0.15) is 26.3 Å². The van der Waals surface area contributed by atoms with Gasteiger partial charge in [0.25, 0.3) is 0 Å². The SMILES string of the molecule is CCOc1cccc(CN[C@H](C(=O)OC)C(C)C)c1OC. The third kappa shape index (κ3) is 4.63. The van der Waals surface area contributed by atoms with E-state index in [9.17, 15) is 4.79 Å². The second-order valence-electron chi connectivity index (χ2n) is 5.01. The van der Waals surface area contributed by atoms with Gasteiger partial charge in [0.05, 0.1) is 20.8 Å². The number of esters is 1. The molecule has 0 aliphatic carbocycles. The molecule has 0 radical (unpaired) electrons. The third-order valence-electron chi connectivity index (χ3n) is 3.20. The van der Waals surface area contributed by atoms with E-state index < -0.39 is 0 Å². The van der Waals surface area contributed by atoms with Crippen molar-refractivity contribution in [2.45, 2.75) is 33.4 Å². The van der Waals surface area contributed by atoms with E-state index in [1.807, 2.05) is 39.0 Å². The Balaban J connectivity index is 2.87. The first-order valence-electron chi connectivity index (χ1n) is 7.15. The number of ether oxygens (including phenoxy) is 3. The van der Waals surface area contributed by atoms with Gasteiger partial charge in [-0.1, -0.05) is 26.0 Å². The summed E-state index contributed by atoms with van der Waals surface area (Å²) in [6.07, 6.45) is 0. The van der Waals surface area contributed by atoms with Crippen LogP contribution in [-0.4, -0.2) is 32.8 Å². The van der Waals surface area contributed by atoms with Crippen molar-refractivity contribution in [2.75, 3.05) is 20.8 Å². The lowest BCUT2D eigenvalue weighted by molar-refractivity contribution is -0.144. The molecule has 0 spiro atoms. The van der Waals surface area contributed by atoms with Crippen LogP contribution < -0.4 is 14.8 Å². The van der Waals surface area contributed by atoms with Gasteiger partial charge < -0.3 is 14.2 Å². The Morgan fingerprint density at radius 3 is 2.52 bits per heavy atom. The number of hydrogen-bond acceptors (Lipinski definition) is 5. The van der Waals surface area contributed by atoms with E-state index in [-0.39, 0.29) is 17.9 Å². The minimum Gasteiger partial charge on any atom is -0.493 e. The van der Waals surface area contributed by atoms with Crippen LogP contribution in [0.5, 0.6) is 11.5 Å². The Kier molecular flexibility index (Phi) is 7.02. The molecule has 1 aromatic carbocycles. The zero-order valence-electron chi connectivity index (χ0n) is 13.4. The smallest absolute Gasteiger partial charge is 0.323 e. The van der Waals surface area contributed by atoms with Crippen LogP contribution in [-0.2, 0) is 16.1 Å². The Morgan fingerprint density at radius 2 is 2.00 bits per heavy atom. The molecule has 1 N–H and O–H groups in total. The standard InChI is InChI=1S/C16H25NO4/c1-6-21-13-9-7-8-12(15(13)19-4)10-17-14(11(2)3)16(18)20-5/h7-9,11,14,17H,6,10H2,1-5H3/t14-/m0/s1. The van der Waals surface area contributed by atoms with E-state index in [2.05, 4.69) is 5.32 Å². The molecule has 0 saturated heterocycles. The van der Waals surface area contributed by atoms with E-state index in [4.69, 9.17) is 14.2 Å². The maximum atomic E-state index is 11.8. The zero-order chi connectivity index (χ0) is 15.8. The number of hydrogen-bond donors (Lipinski definition) is 1. The van der Waals surface area contributed by atoms with Gasteiger partial charge in [0.15, 0.2) is 11.5 Å². The maximum absolute atomic E-state index is 11.8. The average molecular weight is 295 g/mol. The highest BCUT2D eigenvalue weighted by molar-refractivity contribution is 5.75. The fourth-order valence-electron chi connectivity index (χ4n) is 2.14. The molecule has 0 aromatic heterocycles. The fraction of sp³-hybridized carbons (Fsp3) is 0.562. The largest absolute Gasteiger partial charge is 0.493 e. The predicted octanol–water partition coefficient (Wildman–Crippen LogP) is 2.38. The summed E-state index contributed by atoms with van der Waals surface area (Å²) < 4.78 is 15.8. The second-order valence-corrected chi connectivity index (χ2v) is 5.01. The fourth-order valence-corrected chi connectivity index (χ4v) is 2.14. The summed E-state index contributed by atoms with van der Waals surface area (Å²) in [5.41, 5.74) is 0.943. The lowest BCUT2D eigenvalue weighted by Gasteiger charge is -2.21. The van der Waals surface area contributed by atoms with Crippen molar-refractivity contribution in [1.29, 1.82) is 0 Å². The van der Waals surface area contributed by atoms with Gasteiger partial charge in [-0.15, -0.1) is 0 Å². The first-order valence-corrected chi connectivity index (χ1v) is 7.15. The van der Waals surface area contributed by atoms with Gasteiger partial charge in [0.2, 0.25) is 0 Å². The molecular weight excluding hydrogens is 270 g/mol. The average Bonchev–Trinajstić information content (AvgIpc) is 2.47. The van der Waals surface area contributed by atoms with Crippen LogP contribution in [0.3, 0.4) is 0 Å². The van der Waals surface area contributed by atoms with Gasteiger partial charge in [-0.3, -0.25) is 10.1 Å². The topological polar surface area (TPSA) is 56.8 Å². The number of rotatable bonds is 8. The van der Waals surface area contributed by atoms with Crippen LogP contribution in [0.25, 0.3) is 0 Å². The molecule has 118 valence electrons. The molecule has 5 heteroatoms. The molecule has 0 bridgehead atoms. The first-order chi connectivity index (χ1) is 10.0. The van der Waals surface area contributed by atoms with E-state index in [0.717, 1.165) is 5.56 Å². The zero-order valence-corrected chi connectivity index (χ0v) is 13.4. The summed E-state index contributed by atoms with van der Waals surface area (Å²) in [7, 11) is 3.01. The minimum absolute atomic E-state index is 0.138. The van der Waals surface area contributed by atoms with Crippen LogP contribution in [0.4, 0.5) is 0 Å². The van der Waals surface area contributed by atoms with Crippen molar-refractivity contribution in [1.82, 2.24) is 5.32 Å². The molecule has 0 fully saturated rings. The number of benzene rings is 1. The van der Waals surface area contributed by atoms with E-state index in [1.54, 1.807) is 7.11 Å². The summed E-state index contributed by atoms with van der Waals surface area (Å²) in [6.45, 7) is 6.95. The van der Waals surface area contributed by atoms with Gasteiger partial charge in [0.1, 0.15) is 6.04 Å². The van der Waals surface area contributed by atoms with Crippen LogP contribution in [0.15, 0.2) is 18.2 Å². The van der Waals surface area contributed by atoms with E-state index >= 15 is 0 Å². The van der Waals surface area contributed by atoms with Gasteiger partial charge in [0, 0.05) is 12.1 Å². The minimum atomic E-state index is -0.351. The molecule has 1 atom stereocenters. The van der Waals surface area contributed by atoms with Crippen molar-refractivity contribution in [3.63, 3.8) is 0 Å². The number of methoxy groups -OCH3 is 2. The summed E-state index contributed by atoms with van der Waals surface area (Å²) in [6, 6.07) is 5.37. The highest BCUT2D eigenvalue weighted by atomic mass is 16.5. The highest BCUT2D eigenvalue weighted by Crippen LogP contribution is 2.31. The Bertz CT molecular complexity index is 460. The third-order valence-corrected chi connectivity index (χ3v) is 3.20. The van der Waals surface area contributed by atoms with Gasteiger partial charge in [-0.05, 0) is 18.9 Å². The van der Waals surface area contributed by atoms with Crippen molar-refractivity contribution in [2.24, 2.45) is 5.92 Å². The molecule has 0 saturated carbocycles. The molecular formula is C16H25NO4. The van der Waals surface area contributed by atoms with Gasteiger partial charge in [-0.25, -0.2) is 0 Å². The monoisotopic (exact) mass is 295 g/mol. The van der Waals surface area contributed by atoms with E-state index in [1.165, 1.54) is 7.11 Å².